The van der Waals surface area contributed by atoms with Crippen molar-refractivity contribution in [3.8, 4) is 22.6 Å². The summed E-state index contributed by atoms with van der Waals surface area (Å²) in [4.78, 5) is 8.58. The fraction of sp³-hybridized carbons (Fsp3) is 0.316. The van der Waals surface area contributed by atoms with Gasteiger partial charge in [0.15, 0.2) is 5.82 Å². The quantitative estimate of drug-likeness (QED) is 0.658. The SMILES string of the molecule is Cc1noc(-c2cc(-c3cc(S(=O)(=O)N4CCC(O)C4)ccc3C)cnc2N)n1. The fourth-order valence-corrected chi connectivity index (χ4v) is 4.87. The van der Waals surface area contributed by atoms with Crippen LogP contribution in [0.4, 0.5) is 5.82 Å². The maximum absolute atomic E-state index is 13.0. The van der Waals surface area contributed by atoms with E-state index >= 15 is 0 Å². The van der Waals surface area contributed by atoms with Crippen molar-refractivity contribution in [3.05, 3.63) is 41.9 Å². The van der Waals surface area contributed by atoms with Gasteiger partial charge < -0.3 is 15.4 Å². The number of rotatable bonds is 4. The van der Waals surface area contributed by atoms with Crippen LogP contribution in [0.1, 0.15) is 17.8 Å². The van der Waals surface area contributed by atoms with Crippen LogP contribution in [-0.4, -0.2) is 52.1 Å². The number of aryl methyl sites for hydroxylation is 2. The fourth-order valence-electron chi connectivity index (χ4n) is 3.35. The van der Waals surface area contributed by atoms with Crippen LogP contribution in [0.15, 0.2) is 39.9 Å². The highest BCUT2D eigenvalue weighted by Crippen LogP contribution is 2.32. The first-order valence-electron chi connectivity index (χ1n) is 9.11. The highest BCUT2D eigenvalue weighted by molar-refractivity contribution is 7.89. The lowest BCUT2D eigenvalue weighted by atomic mass is 10.0. The minimum absolute atomic E-state index is 0.107. The summed E-state index contributed by atoms with van der Waals surface area (Å²) < 4.78 is 32.4. The second kappa shape index (κ2) is 7.21. The van der Waals surface area contributed by atoms with Gasteiger partial charge in [-0.15, -0.1) is 0 Å². The average molecular weight is 415 g/mol. The van der Waals surface area contributed by atoms with Crippen LogP contribution in [0.2, 0.25) is 0 Å². The molecule has 0 amide bonds. The third-order valence-electron chi connectivity index (χ3n) is 4.96. The molecular formula is C19H21N5O4S. The van der Waals surface area contributed by atoms with Gasteiger partial charge in [0.05, 0.1) is 16.6 Å². The van der Waals surface area contributed by atoms with Crippen molar-refractivity contribution in [1.29, 1.82) is 0 Å². The summed E-state index contributed by atoms with van der Waals surface area (Å²) in [7, 11) is -3.70. The van der Waals surface area contributed by atoms with Gasteiger partial charge in [0.2, 0.25) is 10.0 Å². The van der Waals surface area contributed by atoms with Gasteiger partial charge in [-0.3, -0.25) is 0 Å². The third kappa shape index (κ3) is 3.61. The summed E-state index contributed by atoms with van der Waals surface area (Å²) in [6, 6.07) is 6.70. The number of nitrogen functional groups attached to an aromatic ring is 1. The first-order valence-corrected chi connectivity index (χ1v) is 10.5. The number of sulfonamides is 1. The molecule has 0 bridgehead atoms. The van der Waals surface area contributed by atoms with E-state index in [0.29, 0.717) is 35.5 Å². The topological polar surface area (TPSA) is 135 Å². The number of nitrogens with zero attached hydrogens (tertiary/aromatic N) is 4. The van der Waals surface area contributed by atoms with Gasteiger partial charge in [0.1, 0.15) is 5.82 Å². The molecule has 1 aromatic carbocycles. The predicted molar refractivity (Wildman–Crippen MR) is 106 cm³/mol. The van der Waals surface area contributed by atoms with E-state index in [4.69, 9.17) is 10.3 Å². The monoisotopic (exact) mass is 415 g/mol. The van der Waals surface area contributed by atoms with Gasteiger partial charge in [-0.25, -0.2) is 13.4 Å². The largest absolute Gasteiger partial charge is 0.392 e. The van der Waals surface area contributed by atoms with Gasteiger partial charge in [-0.2, -0.15) is 9.29 Å². The van der Waals surface area contributed by atoms with Crippen molar-refractivity contribution in [2.75, 3.05) is 18.8 Å². The standard InChI is InChI=1S/C19H21N5O4S/c1-11-3-4-15(29(26,27)24-6-5-14(25)10-24)8-16(11)13-7-17(18(20)21-9-13)19-22-12(2)23-28-19/h3-4,7-9,14,25H,5-6,10H2,1-2H3,(H2,20,21). The molecule has 1 fully saturated rings. The zero-order valence-electron chi connectivity index (χ0n) is 16.0. The molecule has 29 heavy (non-hydrogen) atoms. The van der Waals surface area contributed by atoms with Crippen LogP contribution < -0.4 is 5.73 Å². The number of nitrogens with two attached hydrogens (primary N) is 1. The van der Waals surface area contributed by atoms with Gasteiger partial charge in [-0.1, -0.05) is 11.2 Å². The Morgan fingerprint density at radius 2 is 2.03 bits per heavy atom. The number of pyridine rings is 1. The second-order valence-corrected chi connectivity index (χ2v) is 9.02. The maximum Gasteiger partial charge on any atom is 0.261 e. The van der Waals surface area contributed by atoms with Gasteiger partial charge in [-0.05, 0) is 49.6 Å². The lowest BCUT2D eigenvalue weighted by Gasteiger charge is -2.17. The first-order chi connectivity index (χ1) is 13.8. The van der Waals surface area contributed by atoms with E-state index < -0.39 is 16.1 Å². The molecule has 1 aliphatic rings. The Morgan fingerprint density at radius 1 is 1.24 bits per heavy atom. The van der Waals surface area contributed by atoms with Crippen LogP contribution >= 0.6 is 0 Å². The maximum atomic E-state index is 13.0. The van der Waals surface area contributed by atoms with Crippen molar-refractivity contribution in [2.45, 2.75) is 31.3 Å². The molecule has 0 aliphatic carbocycles. The Kier molecular flexibility index (Phi) is 4.85. The third-order valence-corrected chi connectivity index (χ3v) is 6.82. The second-order valence-electron chi connectivity index (χ2n) is 7.09. The summed E-state index contributed by atoms with van der Waals surface area (Å²) >= 11 is 0. The molecule has 1 saturated heterocycles. The van der Waals surface area contributed by atoms with Crippen LogP contribution in [0.5, 0.6) is 0 Å². The Hall–Kier alpha value is -2.82. The van der Waals surface area contributed by atoms with Crippen molar-refractivity contribution in [3.63, 3.8) is 0 Å². The molecule has 0 saturated carbocycles. The zero-order valence-corrected chi connectivity index (χ0v) is 16.8. The van der Waals surface area contributed by atoms with E-state index in [9.17, 15) is 13.5 Å². The molecular weight excluding hydrogens is 394 g/mol. The zero-order chi connectivity index (χ0) is 20.8. The Morgan fingerprint density at radius 3 is 2.69 bits per heavy atom. The normalized spacial score (nSPS) is 17.7. The molecule has 2 aromatic heterocycles. The number of aliphatic hydroxyl groups excluding tert-OH is 1. The number of benzene rings is 1. The predicted octanol–water partition coefficient (Wildman–Crippen LogP) is 1.75. The molecule has 1 unspecified atom stereocenters. The molecule has 10 heteroatoms. The van der Waals surface area contributed by atoms with Gasteiger partial charge in [0.25, 0.3) is 5.89 Å². The smallest absolute Gasteiger partial charge is 0.261 e. The number of hydrogen-bond donors (Lipinski definition) is 2. The molecule has 0 spiro atoms. The molecule has 1 aliphatic heterocycles. The molecule has 9 nitrogen and oxygen atoms in total. The van der Waals surface area contributed by atoms with Crippen molar-refractivity contribution >= 4 is 15.8 Å². The van der Waals surface area contributed by atoms with E-state index in [2.05, 4.69) is 15.1 Å². The van der Waals surface area contributed by atoms with Crippen molar-refractivity contribution in [1.82, 2.24) is 19.4 Å². The number of aromatic nitrogens is 3. The van der Waals surface area contributed by atoms with Crippen molar-refractivity contribution in [2.24, 2.45) is 0 Å². The number of hydrogen-bond acceptors (Lipinski definition) is 8. The molecule has 4 rings (SSSR count). The van der Waals surface area contributed by atoms with Crippen LogP contribution in [-0.2, 0) is 10.0 Å². The van der Waals surface area contributed by atoms with E-state index in [0.717, 1.165) is 5.56 Å². The summed E-state index contributed by atoms with van der Waals surface area (Å²) in [5, 5.41) is 13.5. The summed E-state index contributed by atoms with van der Waals surface area (Å²) in [5.41, 5.74) is 8.73. The summed E-state index contributed by atoms with van der Waals surface area (Å²) in [6.45, 7) is 4.00. The summed E-state index contributed by atoms with van der Waals surface area (Å²) in [5.74, 6) is 0.966. The van der Waals surface area contributed by atoms with Gasteiger partial charge >= 0.3 is 0 Å². The lowest BCUT2D eigenvalue weighted by molar-refractivity contribution is 0.189. The Balaban J connectivity index is 1.77. The van der Waals surface area contributed by atoms with Gasteiger partial charge in [0, 0.05) is 24.8 Å². The highest BCUT2D eigenvalue weighted by Gasteiger charge is 2.32. The molecule has 1 atom stereocenters. The van der Waals surface area contributed by atoms with Crippen molar-refractivity contribution < 1.29 is 18.0 Å². The molecule has 152 valence electrons. The Labute approximate surface area is 168 Å². The minimum atomic E-state index is -3.70. The van der Waals surface area contributed by atoms with Crippen LogP contribution in [0.3, 0.4) is 0 Å². The number of anilines is 1. The molecule has 0 radical (unpaired) electrons. The minimum Gasteiger partial charge on any atom is -0.392 e. The number of aliphatic hydroxyl groups is 1. The van der Waals surface area contributed by atoms with Crippen LogP contribution in [0, 0.1) is 13.8 Å². The molecule has 3 heterocycles. The van der Waals surface area contributed by atoms with Crippen LogP contribution in [0.25, 0.3) is 22.6 Å². The van der Waals surface area contributed by atoms with E-state index in [-0.39, 0.29) is 23.1 Å². The van der Waals surface area contributed by atoms with E-state index in [1.54, 1.807) is 37.4 Å². The molecule has 3 aromatic rings. The molecule has 3 N–H and O–H groups in total. The Bertz CT molecular complexity index is 1180. The summed E-state index contributed by atoms with van der Waals surface area (Å²) in [6.07, 6.45) is 1.39. The van der Waals surface area contributed by atoms with E-state index in [1.165, 1.54) is 4.31 Å². The highest BCUT2D eigenvalue weighted by atomic mass is 32.2. The average Bonchev–Trinajstić information content (AvgIpc) is 3.31. The first kappa shape index (κ1) is 19.5. The number of β-amino-alcohol motifs (C(OH)–C–C–N with tert-alkyl or cyclic N) is 1. The van der Waals surface area contributed by atoms with E-state index in [1.807, 2.05) is 6.92 Å². The lowest BCUT2D eigenvalue weighted by Crippen LogP contribution is -2.29.